The third-order valence-corrected chi connectivity index (χ3v) is 1.47. The zero-order valence-corrected chi connectivity index (χ0v) is 7.38. The molecule has 0 fully saturated rings. The molecule has 0 amide bonds. The molecule has 0 aliphatic carbocycles. The van der Waals surface area contributed by atoms with Crippen LogP contribution >= 0.6 is 0 Å². The Morgan fingerprint density at radius 2 is 1.69 bits per heavy atom. The minimum atomic E-state index is -0.668. The Labute approximate surface area is 75.1 Å². The highest BCUT2D eigenvalue weighted by molar-refractivity contribution is 5.23. The standard InChI is InChI=1S/C9H10F2O2/c1-6(12-2)13-9-4-7(10)3-8(11)5-9/h3-6H,1-2H3. The smallest absolute Gasteiger partial charge is 0.196 e. The predicted molar refractivity (Wildman–Crippen MR) is 43.5 cm³/mol. The van der Waals surface area contributed by atoms with E-state index in [1.807, 2.05) is 0 Å². The molecule has 0 saturated heterocycles. The molecular weight excluding hydrogens is 178 g/mol. The molecule has 1 aromatic carbocycles. The van der Waals surface area contributed by atoms with Crippen LogP contribution in [-0.2, 0) is 4.74 Å². The Morgan fingerprint density at radius 3 is 2.15 bits per heavy atom. The van der Waals surface area contributed by atoms with Gasteiger partial charge in [-0.15, -0.1) is 0 Å². The van der Waals surface area contributed by atoms with Gasteiger partial charge in [-0.25, -0.2) is 8.78 Å². The molecule has 0 saturated carbocycles. The lowest BCUT2D eigenvalue weighted by atomic mass is 10.3. The summed E-state index contributed by atoms with van der Waals surface area (Å²) in [5.74, 6) is -1.22. The first-order chi connectivity index (χ1) is 6.11. The molecule has 1 unspecified atom stereocenters. The van der Waals surface area contributed by atoms with Crippen molar-refractivity contribution in [2.24, 2.45) is 0 Å². The SMILES string of the molecule is COC(C)Oc1cc(F)cc(F)c1. The van der Waals surface area contributed by atoms with E-state index < -0.39 is 17.9 Å². The average Bonchev–Trinajstić information content (AvgIpc) is 2.02. The molecule has 72 valence electrons. The summed E-state index contributed by atoms with van der Waals surface area (Å²) in [5.41, 5.74) is 0. The summed E-state index contributed by atoms with van der Waals surface area (Å²) in [5, 5.41) is 0. The average molecular weight is 188 g/mol. The van der Waals surface area contributed by atoms with Crippen LogP contribution in [-0.4, -0.2) is 13.4 Å². The maximum absolute atomic E-state index is 12.6. The molecule has 4 heteroatoms. The molecule has 0 radical (unpaired) electrons. The minimum absolute atomic E-state index is 0.117. The zero-order chi connectivity index (χ0) is 9.84. The summed E-state index contributed by atoms with van der Waals surface area (Å²) < 4.78 is 35.0. The quantitative estimate of drug-likeness (QED) is 0.678. The van der Waals surface area contributed by atoms with Crippen molar-refractivity contribution >= 4 is 0 Å². The van der Waals surface area contributed by atoms with Crippen LogP contribution in [0.5, 0.6) is 5.75 Å². The Balaban J connectivity index is 2.77. The van der Waals surface area contributed by atoms with Crippen LogP contribution in [0, 0.1) is 11.6 Å². The molecule has 2 nitrogen and oxygen atoms in total. The molecule has 0 aliphatic heterocycles. The summed E-state index contributed by atoms with van der Waals surface area (Å²) in [7, 11) is 1.44. The van der Waals surface area contributed by atoms with Crippen molar-refractivity contribution in [2.45, 2.75) is 13.2 Å². The molecule has 1 aromatic rings. The van der Waals surface area contributed by atoms with Crippen molar-refractivity contribution in [3.63, 3.8) is 0 Å². The van der Waals surface area contributed by atoms with Crippen molar-refractivity contribution in [1.29, 1.82) is 0 Å². The molecule has 0 N–H and O–H groups in total. The second kappa shape index (κ2) is 4.18. The van der Waals surface area contributed by atoms with Crippen LogP contribution < -0.4 is 4.74 Å². The van der Waals surface area contributed by atoms with Gasteiger partial charge in [0.15, 0.2) is 6.29 Å². The van der Waals surface area contributed by atoms with E-state index in [1.165, 1.54) is 7.11 Å². The number of halogens is 2. The van der Waals surface area contributed by atoms with Crippen molar-refractivity contribution in [1.82, 2.24) is 0 Å². The molecule has 0 aliphatic rings. The van der Waals surface area contributed by atoms with Gasteiger partial charge in [0.05, 0.1) is 0 Å². The first-order valence-corrected chi connectivity index (χ1v) is 3.77. The van der Waals surface area contributed by atoms with Crippen molar-refractivity contribution in [3.05, 3.63) is 29.8 Å². The Bertz CT molecular complexity index is 269. The molecular formula is C9H10F2O2. The van der Waals surface area contributed by atoms with E-state index >= 15 is 0 Å². The monoisotopic (exact) mass is 188 g/mol. The van der Waals surface area contributed by atoms with E-state index in [0.29, 0.717) is 0 Å². The first-order valence-electron chi connectivity index (χ1n) is 3.77. The number of rotatable bonds is 3. The van der Waals surface area contributed by atoms with Gasteiger partial charge >= 0.3 is 0 Å². The molecule has 1 rings (SSSR count). The van der Waals surface area contributed by atoms with E-state index in [9.17, 15) is 8.78 Å². The van der Waals surface area contributed by atoms with Crippen molar-refractivity contribution in [2.75, 3.05) is 7.11 Å². The first kappa shape index (κ1) is 9.92. The van der Waals surface area contributed by atoms with Gasteiger partial charge in [0, 0.05) is 25.3 Å². The number of hydrogen-bond donors (Lipinski definition) is 0. The number of benzene rings is 1. The van der Waals surface area contributed by atoms with Gasteiger partial charge in [-0.3, -0.25) is 0 Å². The van der Waals surface area contributed by atoms with E-state index in [-0.39, 0.29) is 5.75 Å². The number of methoxy groups -OCH3 is 1. The van der Waals surface area contributed by atoms with Gasteiger partial charge in [0.1, 0.15) is 17.4 Å². The van der Waals surface area contributed by atoms with Gasteiger partial charge in [-0.1, -0.05) is 0 Å². The van der Waals surface area contributed by atoms with Crippen LogP contribution in [0.25, 0.3) is 0 Å². The highest BCUT2D eigenvalue weighted by Gasteiger charge is 2.04. The summed E-state index contributed by atoms with van der Waals surface area (Å²) in [4.78, 5) is 0. The van der Waals surface area contributed by atoms with Gasteiger partial charge in [-0.05, 0) is 6.92 Å². The summed E-state index contributed by atoms with van der Waals surface area (Å²) in [6.07, 6.45) is -0.527. The van der Waals surface area contributed by atoms with E-state index in [1.54, 1.807) is 6.92 Å². The maximum Gasteiger partial charge on any atom is 0.196 e. The summed E-state index contributed by atoms with van der Waals surface area (Å²) in [6.45, 7) is 1.63. The number of hydrogen-bond acceptors (Lipinski definition) is 2. The molecule has 0 spiro atoms. The summed E-state index contributed by atoms with van der Waals surface area (Å²) in [6, 6.07) is 2.97. The van der Waals surface area contributed by atoms with Crippen LogP contribution in [0.2, 0.25) is 0 Å². The maximum atomic E-state index is 12.6. The van der Waals surface area contributed by atoms with Crippen LogP contribution in [0.3, 0.4) is 0 Å². The normalized spacial score (nSPS) is 12.6. The van der Waals surface area contributed by atoms with Crippen LogP contribution in [0.1, 0.15) is 6.92 Å². The molecule has 1 atom stereocenters. The van der Waals surface area contributed by atoms with Gasteiger partial charge < -0.3 is 9.47 Å². The van der Waals surface area contributed by atoms with E-state index in [4.69, 9.17) is 9.47 Å². The minimum Gasteiger partial charge on any atom is -0.465 e. The topological polar surface area (TPSA) is 18.5 Å². The molecule has 0 heterocycles. The third kappa shape index (κ3) is 2.99. The fourth-order valence-electron chi connectivity index (χ4n) is 0.836. The van der Waals surface area contributed by atoms with E-state index in [2.05, 4.69) is 0 Å². The van der Waals surface area contributed by atoms with Gasteiger partial charge in [0.2, 0.25) is 0 Å². The molecule has 0 aromatic heterocycles. The van der Waals surface area contributed by atoms with Gasteiger partial charge in [0.25, 0.3) is 0 Å². The lowest BCUT2D eigenvalue weighted by Crippen LogP contribution is -2.13. The summed E-state index contributed by atoms with van der Waals surface area (Å²) >= 11 is 0. The Kier molecular flexibility index (Phi) is 3.19. The van der Waals surface area contributed by atoms with Crippen molar-refractivity contribution in [3.8, 4) is 5.75 Å². The second-order valence-corrected chi connectivity index (χ2v) is 2.53. The Hall–Kier alpha value is -1.16. The third-order valence-electron chi connectivity index (χ3n) is 1.47. The largest absolute Gasteiger partial charge is 0.465 e. The molecule has 13 heavy (non-hydrogen) atoms. The zero-order valence-electron chi connectivity index (χ0n) is 7.38. The predicted octanol–water partition coefficient (Wildman–Crippen LogP) is 2.34. The fourth-order valence-corrected chi connectivity index (χ4v) is 0.836. The van der Waals surface area contributed by atoms with Crippen LogP contribution in [0.4, 0.5) is 8.78 Å². The Morgan fingerprint density at radius 1 is 1.15 bits per heavy atom. The second-order valence-electron chi connectivity index (χ2n) is 2.53. The fraction of sp³-hybridized carbons (Fsp3) is 0.333. The lowest BCUT2D eigenvalue weighted by molar-refractivity contribution is -0.0385. The van der Waals surface area contributed by atoms with Crippen molar-refractivity contribution < 1.29 is 18.3 Å². The number of ether oxygens (including phenoxy) is 2. The molecule has 0 bridgehead atoms. The lowest BCUT2D eigenvalue weighted by Gasteiger charge is -2.12. The van der Waals surface area contributed by atoms with E-state index in [0.717, 1.165) is 18.2 Å². The highest BCUT2D eigenvalue weighted by Crippen LogP contribution is 2.16. The van der Waals surface area contributed by atoms with Gasteiger partial charge in [-0.2, -0.15) is 0 Å². The van der Waals surface area contributed by atoms with Crippen LogP contribution in [0.15, 0.2) is 18.2 Å². The highest BCUT2D eigenvalue weighted by atomic mass is 19.1.